The van der Waals surface area contributed by atoms with Crippen molar-refractivity contribution in [3.8, 4) is 0 Å². The van der Waals surface area contributed by atoms with E-state index in [0.717, 1.165) is 5.56 Å². The summed E-state index contributed by atoms with van der Waals surface area (Å²) in [7, 11) is -3.39. The van der Waals surface area contributed by atoms with Crippen molar-refractivity contribution in [2.75, 3.05) is 13.1 Å². The summed E-state index contributed by atoms with van der Waals surface area (Å²) in [5.74, 6) is 0. The van der Waals surface area contributed by atoms with Crippen LogP contribution in [0.3, 0.4) is 0 Å². The standard InChI is InChI=1S/C10H14N2O2S/c1-9-3-5-10(6-4-9)15(13,14)12-8-7-11-2/h3-6,12H,2,7-8H2,1H3. The van der Waals surface area contributed by atoms with E-state index < -0.39 is 10.0 Å². The van der Waals surface area contributed by atoms with Crippen molar-refractivity contribution in [3.05, 3.63) is 29.8 Å². The zero-order valence-corrected chi connectivity index (χ0v) is 9.42. The SMILES string of the molecule is C=NCCNS(=O)(=O)c1ccc(C)cc1. The second-order valence-corrected chi connectivity index (χ2v) is 4.92. The summed E-state index contributed by atoms with van der Waals surface area (Å²) in [5, 5.41) is 0. The fourth-order valence-corrected chi connectivity index (χ4v) is 2.08. The number of aryl methyl sites for hydroxylation is 1. The molecule has 0 aliphatic carbocycles. The molecule has 0 unspecified atom stereocenters. The third-order valence-corrected chi connectivity index (χ3v) is 3.37. The number of rotatable bonds is 5. The van der Waals surface area contributed by atoms with Gasteiger partial charge in [-0.15, -0.1) is 0 Å². The second-order valence-electron chi connectivity index (χ2n) is 3.16. The molecule has 4 nitrogen and oxygen atoms in total. The van der Waals surface area contributed by atoms with Gasteiger partial charge in [-0.05, 0) is 25.8 Å². The van der Waals surface area contributed by atoms with Gasteiger partial charge in [-0.3, -0.25) is 4.99 Å². The van der Waals surface area contributed by atoms with Crippen molar-refractivity contribution < 1.29 is 8.42 Å². The van der Waals surface area contributed by atoms with Crippen molar-refractivity contribution in [1.29, 1.82) is 0 Å². The first-order chi connectivity index (χ1) is 7.06. The van der Waals surface area contributed by atoms with Crippen molar-refractivity contribution in [2.45, 2.75) is 11.8 Å². The predicted octanol–water partition coefficient (Wildman–Crippen LogP) is 0.974. The lowest BCUT2D eigenvalue weighted by atomic mass is 10.2. The highest BCUT2D eigenvalue weighted by Gasteiger charge is 2.11. The summed E-state index contributed by atoms with van der Waals surface area (Å²) in [6.45, 7) is 5.85. The van der Waals surface area contributed by atoms with E-state index in [2.05, 4.69) is 16.4 Å². The third-order valence-electron chi connectivity index (χ3n) is 1.89. The van der Waals surface area contributed by atoms with Gasteiger partial charge in [-0.25, -0.2) is 13.1 Å². The van der Waals surface area contributed by atoms with E-state index in [1.165, 1.54) is 0 Å². The molecule has 0 fully saturated rings. The van der Waals surface area contributed by atoms with Gasteiger partial charge >= 0.3 is 0 Å². The maximum atomic E-state index is 11.6. The molecule has 0 spiro atoms. The summed E-state index contributed by atoms with van der Waals surface area (Å²) in [6.07, 6.45) is 0. The molecule has 1 rings (SSSR count). The third kappa shape index (κ3) is 3.45. The van der Waals surface area contributed by atoms with Crippen LogP contribution < -0.4 is 4.72 Å². The minimum Gasteiger partial charge on any atom is -0.300 e. The zero-order chi connectivity index (χ0) is 11.3. The number of hydrogen-bond donors (Lipinski definition) is 1. The van der Waals surface area contributed by atoms with Crippen molar-refractivity contribution in [1.82, 2.24) is 4.72 Å². The van der Waals surface area contributed by atoms with Crippen molar-refractivity contribution in [3.63, 3.8) is 0 Å². The van der Waals surface area contributed by atoms with E-state index in [0.29, 0.717) is 6.54 Å². The first-order valence-corrected chi connectivity index (χ1v) is 6.03. The largest absolute Gasteiger partial charge is 0.300 e. The average molecular weight is 226 g/mol. The molecular weight excluding hydrogens is 212 g/mol. The number of nitrogens with zero attached hydrogens (tertiary/aromatic N) is 1. The number of aliphatic imine (C=N–C) groups is 1. The van der Waals surface area contributed by atoms with E-state index in [1.807, 2.05) is 6.92 Å². The smallest absolute Gasteiger partial charge is 0.240 e. The molecule has 0 radical (unpaired) electrons. The predicted molar refractivity (Wildman–Crippen MR) is 60.8 cm³/mol. The Labute approximate surface area is 90.1 Å². The Balaban J connectivity index is 2.77. The highest BCUT2D eigenvalue weighted by atomic mass is 32.2. The van der Waals surface area contributed by atoms with Gasteiger partial charge in [-0.1, -0.05) is 17.7 Å². The van der Waals surface area contributed by atoms with Gasteiger partial charge in [0.1, 0.15) is 0 Å². The Morgan fingerprint density at radius 1 is 1.33 bits per heavy atom. The van der Waals surface area contributed by atoms with Gasteiger partial charge in [0.25, 0.3) is 0 Å². The zero-order valence-electron chi connectivity index (χ0n) is 8.60. The van der Waals surface area contributed by atoms with Crippen LogP contribution in [0.25, 0.3) is 0 Å². The van der Waals surface area contributed by atoms with Crippen LogP contribution in [-0.4, -0.2) is 28.2 Å². The lowest BCUT2D eigenvalue weighted by Gasteiger charge is -2.05. The molecule has 0 saturated heterocycles. The molecule has 1 aromatic carbocycles. The molecule has 0 atom stereocenters. The summed E-state index contributed by atoms with van der Waals surface area (Å²) in [5.41, 5.74) is 1.03. The molecule has 0 amide bonds. The van der Waals surface area contributed by atoms with E-state index in [9.17, 15) is 8.42 Å². The first-order valence-electron chi connectivity index (χ1n) is 4.55. The fraction of sp³-hybridized carbons (Fsp3) is 0.300. The first kappa shape index (κ1) is 11.9. The Bertz CT molecular complexity index is 423. The van der Waals surface area contributed by atoms with Crippen LogP contribution in [0.1, 0.15) is 5.56 Å². The lowest BCUT2D eigenvalue weighted by molar-refractivity contribution is 0.582. The summed E-state index contributed by atoms with van der Waals surface area (Å²) in [4.78, 5) is 3.84. The van der Waals surface area contributed by atoms with Gasteiger partial charge in [0.2, 0.25) is 10.0 Å². The minimum absolute atomic E-state index is 0.275. The van der Waals surface area contributed by atoms with E-state index in [4.69, 9.17) is 0 Å². The Hall–Kier alpha value is -1.20. The van der Waals surface area contributed by atoms with Crippen LogP contribution in [0.5, 0.6) is 0 Å². The van der Waals surface area contributed by atoms with Crippen LogP contribution in [0.15, 0.2) is 34.2 Å². The van der Waals surface area contributed by atoms with Gasteiger partial charge in [0.15, 0.2) is 0 Å². The molecule has 0 saturated carbocycles. The number of benzene rings is 1. The second kappa shape index (κ2) is 5.04. The lowest BCUT2D eigenvalue weighted by Crippen LogP contribution is -2.26. The monoisotopic (exact) mass is 226 g/mol. The van der Waals surface area contributed by atoms with E-state index >= 15 is 0 Å². The van der Waals surface area contributed by atoms with Crippen LogP contribution in [0.4, 0.5) is 0 Å². The molecule has 0 aliphatic rings. The Morgan fingerprint density at radius 3 is 2.47 bits per heavy atom. The summed E-state index contributed by atoms with van der Waals surface area (Å²) < 4.78 is 25.7. The molecule has 5 heteroatoms. The van der Waals surface area contributed by atoms with Gasteiger partial charge < -0.3 is 0 Å². The van der Waals surface area contributed by atoms with Crippen LogP contribution >= 0.6 is 0 Å². The number of hydrogen-bond acceptors (Lipinski definition) is 3. The highest BCUT2D eigenvalue weighted by Crippen LogP contribution is 2.09. The van der Waals surface area contributed by atoms with Gasteiger partial charge in [0, 0.05) is 6.54 Å². The van der Waals surface area contributed by atoms with Crippen molar-refractivity contribution >= 4 is 16.7 Å². The molecule has 0 bridgehead atoms. The van der Waals surface area contributed by atoms with E-state index in [-0.39, 0.29) is 11.4 Å². The van der Waals surface area contributed by atoms with Crippen LogP contribution in [0, 0.1) is 6.92 Å². The molecular formula is C10H14N2O2S. The van der Waals surface area contributed by atoms with Crippen LogP contribution in [-0.2, 0) is 10.0 Å². The molecule has 82 valence electrons. The molecule has 0 heterocycles. The highest BCUT2D eigenvalue weighted by molar-refractivity contribution is 7.89. The molecule has 1 N–H and O–H groups in total. The average Bonchev–Trinajstić information content (AvgIpc) is 2.18. The quantitative estimate of drug-likeness (QED) is 0.601. The number of nitrogens with one attached hydrogen (secondary N) is 1. The normalized spacial score (nSPS) is 11.3. The van der Waals surface area contributed by atoms with E-state index in [1.54, 1.807) is 24.3 Å². The maximum absolute atomic E-state index is 11.6. The number of sulfonamides is 1. The minimum atomic E-state index is -3.39. The van der Waals surface area contributed by atoms with Crippen molar-refractivity contribution in [2.24, 2.45) is 4.99 Å². The maximum Gasteiger partial charge on any atom is 0.240 e. The molecule has 0 aliphatic heterocycles. The Morgan fingerprint density at radius 2 is 1.93 bits per heavy atom. The molecule has 1 aromatic rings. The molecule has 0 aromatic heterocycles. The topological polar surface area (TPSA) is 58.5 Å². The molecule has 15 heavy (non-hydrogen) atoms. The van der Waals surface area contributed by atoms with Crippen LogP contribution in [0.2, 0.25) is 0 Å². The van der Waals surface area contributed by atoms with Gasteiger partial charge in [-0.2, -0.15) is 0 Å². The summed E-state index contributed by atoms with van der Waals surface area (Å²) >= 11 is 0. The fourth-order valence-electron chi connectivity index (χ4n) is 1.06. The Kier molecular flexibility index (Phi) is 3.99. The van der Waals surface area contributed by atoms with Gasteiger partial charge in [0.05, 0.1) is 11.4 Å². The summed E-state index contributed by atoms with van der Waals surface area (Å²) in [6, 6.07) is 6.69.